The van der Waals surface area contributed by atoms with Crippen molar-refractivity contribution in [1.82, 2.24) is 24.1 Å². The minimum absolute atomic E-state index is 0.0204. The van der Waals surface area contributed by atoms with Crippen molar-refractivity contribution in [3.63, 3.8) is 0 Å². The molecule has 16 nitrogen and oxygen atoms in total. The molecule has 3 aliphatic heterocycles. The zero-order valence-corrected chi connectivity index (χ0v) is 28.1. The van der Waals surface area contributed by atoms with Gasteiger partial charge in [0.25, 0.3) is 5.91 Å². The maximum absolute atomic E-state index is 16.1. The number of carbonyl (C=O) groups is 4. The summed E-state index contributed by atoms with van der Waals surface area (Å²) < 4.78 is 60.6. The van der Waals surface area contributed by atoms with Crippen LogP contribution in [0.2, 0.25) is 0 Å². The van der Waals surface area contributed by atoms with Gasteiger partial charge in [0.2, 0.25) is 17.7 Å². The molecule has 2 atom stereocenters. The van der Waals surface area contributed by atoms with E-state index in [1.54, 1.807) is 16.9 Å². The molecule has 1 aromatic heterocycles. The predicted molar refractivity (Wildman–Crippen MR) is 180 cm³/mol. The molecule has 19 heteroatoms. The molecule has 1 unspecified atom stereocenters. The van der Waals surface area contributed by atoms with Gasteiger partial charge in [0.15, 0.2) is 11.6 Å². The van der Waals surface area contributed by atoms with Crippen molar-refractivity contribution in [2.75, 3.05) is 47.2 Å². The lowest BCUT2D eigenvalue weighted by Gasteiger charge is -2.41. The van der Waals surface area contributed by atoms with Crippen LogP contribution in [0.1, 0.15) is 25.8 Å². The third kappa shape index (κ3) is 5.80. The lowest BCUT2D eigenvalue weighted by Crippen LogP contribution is -2.53. The molecule has 4 heterocycles. The first-order chi connectivity index (χ1) is 24.1. The van der Waals surface area contributed by atoms with E-state index in [9.17, 15) is 37.5 Å². The van der Waals surface area contributed by atoms with Gasteiger partial charge in [-0.25, -0.2) is 22.6 Å². The second-order valence-corrected chi connectivity index (χ2v) is 14.4. The second kappa shape index (κ2) is 12.3. The molecular formula is C32H32F2N8O8S. The average Bonchev–Trinajstić information content (AvgIpc) is 3.47. The summed E-state index contributed by atoms with van der Waals surface area (Å²) >= 11 is 0. The number of amides is 4. The molecule has 3 aliphatic rings. The standard InChI is InChI=1S/C32H32F2N8O8S/c1-16-13-39(9-10-40(16)20-5-6-21-29(28(20)34)38(2)32(48)42(21)22-7-8-24(44)36-31(22)47)14-25(45)35-18-3-4-19-17(11-18)12-23(43)30(27(19)33)41-15-26(46)37-51(41,49)50/h3-6,11-12,16,22,43H,7-10,13-15H2,1-2H3,(H,35,45)(H,37,46)(H,36,44,47)/t16-,22?/m1/s1. The molecule has 3 fully saturated rings. The largest absolute Gasteiger partial charge is 0.506 e. The molecule has 0 spiro atoms. The molecule has 268 valence electrons. The van der Waals surface area contributed by atoms with Gasteiger partial charge < -0.3 is 15.3 Å². The van der Waals surface area contributed by atoms with Crippen LogP contribution < -0.4 is 30.3 Å². The lowest BCUT2D eigenvalue weighted by atomic mass is 10.1. The third-order valence-corrected chi connectivity index (χ3v) is 10.8. The number of anilines is 3. The van der Waals surface area contributed by atoms with Gasteiger partial charge in [-0.1, -0.05) is 0 Å². The number of rotatable bonds is 6. The number of benzene rings is 3. The number of nitrogens with zero attached hydrogens (tertiary/aromatic N) is 5. The number of imide groups is 1. The quantitative estimate of drug-likeness (QED) is 0.206. The van der Waals surface area contributed by atoms with E-state index in [1.807, 2.05) is 16.7 Å². The van der Waals surface area contributed by atoms with Crippen LogP contribution in [0.15, 0.2) is 41.2 Å². The molecule has 4 aromatic rings. The number of aryl methyl sites for hydroxylation is 1. The number of carbonyl (C=O) groups excluding carboxylic acids is 4. The highest BCUT2D eigenvalue weighted by Crippen LogP contribution is 2.39. The number of piperazine rings is 1. The molecule has 51 heavy (non-hydrogen) atoms. The number of aromatic hydroxyl groups is 1. The first-order valence-corrected chi connectivity index (χ1v) is 17.4. The summed E-state index contributed by atoms with van der Waals surface area (Å²) in [5.41, 5.74) is -0.423. The van der Waals surface area contributed by atoms with Gasteiger partial charge in [-0.05, 0) is 55.1 Å². The number of nitrogens with one attached hydrogen (secondary N) is 3. The van der Waals surface area contributed by atoms with E-state index in [0.29, 0.717) is 29.6 Å². The highest BCUT2D eigenvalue weighted by molar-refractivity contribution is 7.92. The molecule has 0 saturated carbocycles. The maximum Gasteiger partial charge on any atom is 0.329 e. The van der Waals surface area contributed by atoms with Crippen molar-refractivity contribution in [1.29, 1.82) is 0 Å². The normalized spacial score (nSPS) is 21.0. The number of phenolic OH excluding ortho intramolecular Hbond substituents is 1. The van der Waals surface area contributed by atoms with E-state index < -0.39 is 69.3 Å². The van der Waals surface area contributed by atoms with Crippen LogP contribution in [0.3, 0.4) is 0 Å². The van der Waals surface area contributed by atoms with E-state index in [1.165, 1.54) is 29.8 Å². The zero-order chi connectivity index (χ0) is 36.5. The third-order valence-electron chi connectivity index (χ3n) is 9.46. The van der Waals surface area contributed by atoms with Crippen LogP contribution in [-0.2, 0) is 36.4 Å². The Bertz CT molecular complexity index is 2360. The SMILES string of the molecule is C[C@@H]1CN(CC(=O)Nc2ccc3c(F)c(N4CC(=O)NS4(=O)=O)c(O)cc3c2)CCN1c1ccc2c(c1F)n(C)c(=O)n2C1CCC(=O)NC1=O. The summed E-state index contributed by atoms with van der Waals surface area (Å²) in [6, 6.07) is 7.26. The van der Waals surface area contributed by atoms with Gasteiger partial charge in [0, 0.05) is 50.2 Å². The number of aromatic nitrogens is 2. The Labute approximate surface area is 288 Å². The molecule has 7 rings (SSSR count). The van der Waals surface area contributed by atoms with E-state index >= 15 is 8.78 Å². The van der Waals surface area contributed by atoms with Crippen LogP contribution in [0.25, 0.3) is 21.8 Å². The van der Waals surface area contributed by atoms with E-state index in [-0.39, 0.29) is 58.8 Å². The average molecular weight is 727 g/mol. The van der Waals surface area contributed by atoms with Gasteiger partial charge in [0.05, 0.1) is 17.7 Å². The number of piperidine rings is 1. The summed E-state index contributed by atoms with van der Waals surface area (Å²) in [7, 11) is -2.94. The summed E-state index contributed by atoms with van der Waals surface area (Å²) in [6.45, 7) is 2.29. The van der Waals surface area contributed by atoms with Crippen LogP contribution >= 0.6 is 0 Å². The van der Waals surface area contributed by atoms with Gasteiger partial charge in [0.1, 0.15) is 29.5 Å². The van der Waals surface area contributed by atoms with Crippen LogP contribution in [0.5, 0.6) is 5.75 Å². The Morgan fingerprint density at radius 1 is 1.04 bits per heavy atom. The van der Waals surface area contributed by atoms with Crippen molar-refractivity contribution in [2.45, 2.75) is 31.8 Å². The van der Waals surface area contributed by atoms with E-state index in [4.69, 9.17) is 0 Å². The van der Waals surface area contributed by atoms with Gasteiger partial charge in [-0.2, -0.15) is 8.42 Å². The van der Waals surface area contributed by atoms with Gasteiger partial charge in [-0.15, -0.1) is 0 Å². The van der Waals surface area contributed by atoms with Gasteiger partial charge >= 0.3 is 15.9 Å². The second-order valence-electron chi connectivity index (χ2n) is 12.8. The number of imidazole rings is 1. The molecule has 3 saturated heterocycles. The Kier molecular flexibility index (Phi) is 8.21. The number of halogens is 2. The lowest BCUT2D eigenvalue weighted by molar-refractivity contribution is -0.135. The minimum Gasteiger partial charge on any atom is -0.506 e. The van der Waals surface area contributed by atoms with Crippen molar-refractivity contribution in [3.8, 4) is 5.75 Å². The van der Waals surface area contributed by atoms with E-state index in [2.05, 4.69) is 10.6 Å². The fraction of sp³-hybridized carbons (Fsp3) is 0.344. The van der Waals surface area contributed by atoms with Crippen molar-refractivity contribution in [3.05, 3.63) is 58.5 Å². The number of hydrogen-bond donors (Lipinski definition) is 4. The molecule has 4 N–H and O–H groups in total. The first-order valence-electron chi connectivity index (χ1n) is 15.9. The van der Waals surface area contributed by atoms with Crippen LogP contribution in [-0.4, -0.2) is 90.0 Å². The fourth-order valence-electron chi connectivity index (χ4n) is 7.11. The Hall–Kier alpha value is -5.56. The topological polar surface area (TPSA) is 195 Å². The molecular weight excluding hydrogens is 694 g/mol. The summed E-state index contributed by atoms with van der Waals surface area (Å²) in [6.07, 6.45) is 0.184. The highest BCUT2D eigenvalue weighted by atomic mass is 32.2. The Morgan fingerprint density at radius 3 is 2.49 bits per heavy atom. The van der Waals surface area contributed by atoms with Crippen molar-refractivity contribution >= 4 is 72.7 Å². The van der Waals surface area contributed by atoms with E-state index in [0.717, 1.165) is 10.6 Å². The predicted octanol–water partition coefficient (Wildman–Crippen LogP) is 0.785. The van der Waals surface area contributed by atoms with Gasteiger partial charge in [-0.3, -0.25) is 38.5 Å². The number of fused-ring (bicyclic) bond motifs is 2. The summed E-state index contributed by atoms with van der Waals surface area (Å²) in [5.74, 6) is -4.70. The zero-order valence-electron chi connectivity index (χ0n) is 27.3. The Balaban J connectivity index is 1.03. The highest BCUT2D eigenvalue weighted by Gasteiger charge is 2.38. The molecule has 3 aromatic carbocycles. The molecule has 0 bridgehead atoms. The molecule has 0 radical (unpaired) electrons. The van der Waals surface area contributed by atoms with Crippen LogP contribution in [0.4, 0.5) is 25.8 Å². The minimum atomic E-state index is -4.37. The van der Waals surface area contributed by atoms with Crippen molar-refractivity contribution < 1.29 is 41.5 Å². The molecule has 0 aliphatic carbocycles. The summed E-state index contributed by atoms with van der Waals surface area (Å²) in [5, 5.41) is 15.6. The van der Waals surface area contributed by atoms with Crippen molar-refractivity contribution in [2.24, 2.45) is 7.05 Å². The summed E-state index contributed by atoms with van der Waals surface area (Å²) in [4.78, 5) is 65.7. The monoisotopic (exact) mass is 726 g/mol. The Morgan fingerprint density at radius 2 is 1.80 bits per heavy atom. The maximum atomic E-state index is 16.1. The number of phenols is 1. The van der Waals surface area contributed by atoms with Crippen LogP contribution in [0, 0.1) is 11.6 Å². The smallest absolute Gasteiger partial charge is 0.329 e. The number of hydrogen-bond acceptors (Lipinski definition) is 10. The molecule has 4 amide bonds. The fourth-order valence-corrected chi connectivity index (χ4v) is 8.27. The first kappa shape index (κ1) is 33.9.